The van der Waals surface area contributed by atoms with Crippen LogP contribution in [0.3, 0.4) is 0 Å². The molecule has 0 saturated carbocycles. The number of carbonyl (C=O) groups excluding carboxylic acids is 1. The van der Waals surface area contributed by atoms with Crippen LogP contribution in [0.1, 0.15) is 18.0 Å². The number of nitrogens with zero attached hydrogens (tertiary/aromatic N) is 1. The summed E-state index contributed by atoms with van der Waals surface area (Å²) in [6.07, 6.45) is 1.19. The first-order valence-electron chi connectivity index (χ1n) is 5.27. The maximum absolute atomic E-state index is 13.6. The zero-order valence-corrected chi connectivity index (χ0v) is 9.92. The Bertz CT molecular complexity index is 521. The summed E-state index contributed by atoms with van der Waals surface area (Å²) in [5, 5.41) is 18.6. The van der Waals surface area contributed by atoms with Gasteiger partial charge in [0.05, 0.1) is 0 Å². The van der Waals surface area contributed by atoms with E-state index in [-0.39, 0.29) is 5.56 Å². The lowest BCUT2D eigenvalue weighted by molar-refractivity contribution is -0.170. The zero-order chi connectivity index (χ0) is 15.3. The van der Waals surface area contributed by atoms with E-state index in [0.717, 1.165) is 12.3 Å². The van der Waals surface area contributed by atoms with Crippen molar-refractivity contribution in [3.8, 4) is 0 Å². The molecule has 0 spiro atoms. The third kappa shape index (κ3) is 3.70. The van der Waals surface area contributed by atoms with Crippen LogP contribution in [-0.2, 0) is 14.4 Å². The third-order valence-electron chi connectivity index (χ3n) is 2.28. The van der Waals surface area contributed by atoms with Gasteiger partial charge in [0.25, 0.3) is 0 Å². The molecule has 0 aliphatic rings. The van der Waals surface area contributed by atoms with Crippen molar-refractivity contribution >= 4 is 17.8 Å². The summed E-state index contributed by atoms with van der Waals surface area (Å²) < 4.78 is 27.2. The molecule has 7 nitrogen and oxygen atoms in total. The van der Waals surface area contributed by atoms with Gasteiger partial charge < -0.3 is 15.5 Å². The second-order valence-corrected chi connectivity index (χ2v) is 3.79. The van der Waals surface area contributed by atoms with Crippen molar-refractivity contribution in [3.05, 3.63) is 30.1 Å². The molecule has 1 amide bonds. The molecule has 1 aromatic rings. The van der Waals surface area contributed by atoms with E-state index in [1.165, 1.54) is 12.3 Å². The highest BCUT2D eigenvalue weighted by atomic mass is 19.3. The van der Waals surface area contributed by atoms with Crippen molar-refractivity contribution in [1.29, 1.82) is 0 Å². The number of nitrogens with one attached hydrogen (secondary N) is 1. The van der Waals surface area contributed by atoms with Crippen molar-refractivity contribution in [2.24, 2.45) is 0 Å². The smallest absolute Gasteiger partial charge is 0.377 e. The van der Waals surface area contributed by atoms with E-state index in [4.69, 9.17) is 10.2 Å². The largest absolute Gasteiger partial charge is 0.481 e. The minimum absolute atomic E-state index is 0.251. The van der Waals surface area contributed by atoms with E-state index in [1.807, 2.05) is 0 Å². The molecule has 0 fully saturated rings. The number of aliphatic carboxylic acids is 2. The summed E-state index contributed by atoms with van der Waals surface area (Å²) in [6, 6.07) is 0.222. The van der Waals surface area contributed by atoms with E-state index in [9.17, 15) is 23.2 Å². The number of hydrogen-bond acceptors (Lipinski definition) is 4. The lowest BCUT2D eigenvalue weighted by Crippen LogP contribution is -2.45. The van der Waals surface area contributed by atoms with Crippen LogP contribution in [0.4, 0.5) is 8.78 Å². The molecule has 1 unspecified atom stereocenters. The van der Waals surface area contributed by atoms with Gasteiger partial charge in [-0.1, -0.05) is 6.07 Å². The monoisotopic (exact) mass is 288 g/mol. The van der Waals surface area contributed by atoms with Gasteiger partial charge in [0.15, 0.2) is 0 Å². The Balaban J connectivity index is 3.06. The average Bonchev–Trinajstić information content (AvgIpc) is 2.35. The van der Waals surface area contributed by atoms with Gasteiger partial charge in [-0.25, -0.2) is 4.79 Å². The molecule has 1 atom stereocenters. The number of carbonyl (C=O) groups is 3. The summed E-state index contributed by atoms with van der Waals surface area (Å²) in [5.74, 6) is -9.50. The van der Waals surface area contributed by atoms with Crippen LogP contribution in [0.25, 0.3) is 0 Å². The van der Waals surface area contributed by atoms with Gasteiger partial charge >= 0.3 is 17.9 Å². The minimum atomic E-state index is -4.31. The zero-order valence-electron chi connectivity index (χ0n) is 9.92. The van der Waals surface area contributed by atoms with Crippen LogP contribution < -0.4 is 5.32 Å². The molecule has 108 valence electrons. The lowest BCUT2D eigenvalue weighted by atomic mass is 10.0. The highest BCUT2D eigenvalue weighted by Crippen LogP contribution is 2.31. The second kappa shape index (κ2) is 6.04. The van der Waals surface area contributed by atoms with Crippen LogP contribution in [0, 0.1) is 0 Å². The Morgan fingerprint density at radius 1 is 1.35 bits per heavy atom. The van der Waals surface area contributed by atoms with Crippen LogP contribution in [-0.4, -0.2) is 39.0 Å². The van der Waals surface area contributed by atoms with E-state index in [1.54, 1.807) is 5.32 Å². The van der Waals surface area contributed by atoms with Gasteiger partial charge in [-0.15, -0.1) is 0 Å². The molecule has 1 heterocycles. The number of carboxylic acids is 2. The number of rotatable bonds is 6. The van der Waals surface area contributed by atoms with E-state index in [0.29, 0.717) is 0 Å². The van der Waals surface area contributed by atoms with E-state index in [2.05, 4.69) is 4.98 Å². The average molecular weight is 288 g/mol. The second-order valence-electron chi connectivity index (χ2n) is 3.79. The topological polar surface area (TPSA) is 117 Å². The number of amides is 1. The van der Waals surface area contributed by atoms with E-state index >= 15 is 0 Å². The molecular formula is C11H10F2N2O5. The third-order valence-corrected chi connectivity index (χ3v) is 2.28. The van der Waals surface area contributed by atoms with Crippen molar-refractivity contribution in [2.45, 2.75) is 18.4 Å². The SMILES string of the molecule is O=C(O)CC(=O)NC(c1cccnc1)C(F)(F)C(=O)O. The molecule has 1 aromatic heterocycles. The Labute approximate surface area is 111 Å². The minimum Gasteiger partial charge on any atom is -0.481 e. The predicted molar refractivity (Wildman–Crippen MR) is 60.0 cm³/mol. The molecule has 0 saturated heterocycles. The summed E-state index contributed by atoms with van der Waals surface area (Å²) >= 11 is 0. The predicted octanol–water partition coefficient (Wildman–Crippen LogP) is 0.433. The quantitative estimate of drug-likeness (QED) is 0.654. The van der Waals surface area contributed by atoms with Gasteiger partial charge in [0.1, 0.15) is 12.5 Å². The fourth-order valence-corrected chi connectivity index (χ4v) is 1.40. The molecule has 0 aliphatic carbocycles. The first-order chi connectivity index (χ1) is 9.25. The first-order valence-corrected chi connectivity index (χ1v) is 5.27. The summed E-state index contributed by atoms with van der Waals surface area (Å²) in [5.41, 5.74) is -0.251. The highest BCUT2D eigenvalue weighted by molar-refractivity contribution is 5.94. The number of halogens is 2. The summed E-state index contributed by atoms with van der Waals surface area (Å²) in [7, 11) is 0. The molecule has 0 radical (unpaired) electrons. The molecule has 3 N–H and O–H groups in total. The summed E-state index contributed by atoms with van der Waals surface area (Å²) in [6.45, 7) is 0. The molecule has 0 aromatic carbocycles. The van der Waals surface area contributed by atoms with Gasteiger partial charge in [-0.3, -0.25) is 14.6 Å². The standard InChI is InChI=1S/C11H10F2N2O5/c12-11(13,10(19)20)9(6-2-1-3-14-5-6)15-7(16)4-8(17)18/h1-3,5,9H,4H2,(H,15,16)(H,17,18)(H,19,20). The van der Waals surface area contributed by atoms with E-state index < -0.39 is 36.2 Å². The molecule has 20 heavy (non-hydrogen) atoms. The lowest BCUT2D eigenvalue weighted by Gasteiger charge is -2.24. The molecule has 0 aliphatic heterocycles. The Morgan fingerprint density at radius 2 is 2.00 bits per heavy atom. The van der Waals surface area contributed by atoms with Crippen molar-refractivity contribution in [1.82, 2.24) is 10.3 Å². The van der Waals surface area contributed by atoms with Crippen LogP contribution in [0.15, 0.2) is 24.5 Å². The number of carboxylic acid groups (broad SMARTS) is 2. The van der Waals surface area contributed by atoms with Gasteiger partial charge in [-0.05, 0) is 11.6 Å². The fourth-order valence-electron chi connectivity index (χ4n) is 1.40. The number of pyridine rings is 1. The van der Waals surface area contributed by atoms with Gasteiger partial charge in [-0.2, -0.15) is 8.78 Å². The van der Waals surface area contributed by atoms with Crippen molar-refractivity contribution < 1.29 is 33.4 Å². The molecule has 9 heteroatoms. The fraction of sp³-hybridized carbons (Fsp3) is 0.273. The molecule has 1 rings (SSSR count). The van der Waals surface area contributed by atoms with Gasteiger partial charge in [0.2, 0.25) is 5.91 Å². The Kier molecular flexibility index (Phi) is 4.68. The number of hydrogen-bond donors (Lipinski definition) is 3. The first kappa shape index (κ1) is 15.5. The molecule has 0 bridgehead atoms. The van der Waals surface area contributed by atoms with Crippen LogP contribution in [0.2, 0.25) is 0 Å². The maximum Gasteiger partial charge on any atom is 0.377 e. The van der Waals surface area contributed by atoms with Crippen LogP contribution in [0.5, 0.6) is 0 Å². The van der Waals surface area contributed by atoms with Crippen molar-refractivity contribution in [2.75, 3.05) is 0 Å². The highest BCUT2D eigenvalue weighted by Gasteiger charge is 2.49. The van der Waals surface area contributed by atoms with Gasteiger partial charge in [0, 0.05) is 12.4 Å². The molecular weight excluding hydrogens is 278 g/mol. The number of alkyl halides is 2. The maximum atomic E-state index is 13.6. The summed E-state index contributed by atoms with van der Waals surface area (Å²) in [4.78, 5) is 35.8. The number of aromatic nitrogens is 1. The normalized spacial score (nSPS) is 12.5. The van der Waals surface area contributed by atoms with Crippen LogP contribution >= 0.6 is 0 Å². The Hall–Kier alpha value is -2.58. The Morgan fingerprint density at radius 3 is 2.45 bits per heavy atom. The van der Waals surface area contributed by atoms with Crippen molar-refractivity contribution in [3.63, 3.8) is 0 Å².